The van der Waals surface area contributed by atoms with Crippen LogP contribution in [0, 0.1) is 13.8 Å². The summed E-state index contributed by atoms with van der Waals surface area (Å²) in [5.41, 5.74) is 3.42. The Morgan fingerprint density at radius 1 is 1.00 bits per heavy atom. The molecule has 4 rings (SSSR count). The maximum absolute atomic E-state index is 13.2. The summed E-state index contributed by atoms with van der Waals surface area (Å²) < 4.78 is 12.1. The molecule has 0 aliphatic rings. The van der Waals surface area contributed by atoms with E-state index in [4.69, 9.17) is 9.15 Å². The van der Waals surface area contributed by atoms with Crippen LogP contribution in [0.5, 0.6) is 5.75 Å². The molecule has 2 aromatic carbocycles. The average molecular weight is 362 g/mol. The monoisotopic (exact) mass is 362 g/mol. The zero-order chi connectivity index (χ0) is 18.1. The Hall–Kier alpha value is -2.85. The number of hydrogen-bond acceptors (Lipinski definition) is 4. The highest BCUT2D eigenvalue weighted by Gasteiger charge is 2.18. The normalized spacial score (nSPS) is 11.0. The van der Waals surface area contributed by atoms with E-state index in [1.54, 1.807) is 11.3 Å². The molecule has 2 aromatic heterocycles. The van der Waals surface area contributed by atoms with Crippen molar-refractivity contribution in [3.63, 3.8) is 0 Å². The summed E-state index contributed by atoms with van der Waals surface area (Å²) in [6, 6.07) is 17.4. The van der Waals surface area contributed by atoms with Crippen LogP contribution >= 0.6 is 11.3 Å². The lowest BCUT2D eigenvalue weighted by Gasteiger charge is -2.12. The van der Waals surface area contributed by atoms with Crippen molar-refractivity contribution in [2.45, 2.75) is 20.5 Å². The first-order valence-electron chi connectivity index (χ1n) is 8.42. The molecule has 4 aromatic rings. The molecule has 0 saturated heterocycles. The van der Waals surface area contributed by atoms with Gasteiger partial charge in [-0.3, -0.25) is 4.79 Å². The van der Waals surface area contributed by atoms with Gasteiger partial charge in [0, 0.05) is 10.4 Å². The molecule has 0 fully saturated rings. The van der Waals surface area contributed by atoms with Gasteiger partial charge in [0.05, 0.1) is 5.39 Å². The number of ether oxygens (including phenoxy) is 1. The quantitative estimate of drug-likeness (QED) is 0.466. The van der Waals surface area contributed by atoms with Crippen LogP contribution < -0.4 is 10.2 Å². The summed E-state index contributed by atoms with van der Waals surface area (Å²) in [5, 5.41) is 2.54. The third kappa shape index (κ3) is 3.04. The van der Waals surface area contributed by atoms with E-state index in [0.29, 0.717) is 23.3 Å². The maximum atomic E-state index is 13.2. The summed E-state index contributed by atoms with van der Waals surface area (Å²) in [7, 11) is 0. The minimum atomic E-state index is -0.134. The number of thiophene rings is 1. The summed E-state index contributed by atoms with van der Waals surface area (Å²) >= 11 is 1.60. The highest BCUT2D eigenvalue weighted by Crippen LogP contribution is 2.32. The van der Waals surface area contributed by atoms with Crippen molar-refractivity contribution in [3.05, 3.63) is 86.2 Å². The van der Waals surface area contributed by atoms with E-state index in [-0.39, 0.29) is 11.2 Å². The van der Waals surface area contributed by atoms with Crippen LogP contribution in [0.25, 0.3) is 22.3 Å². The predicted molar refractivity (Wildman–Crippen MR) is 106 cm³/mol. The third-order valence-corrected chi connectivity index (χ3v) is 5.29. The fourth-order valence-electron chi connectivity index (χ4n) is 2.88. The van der Waals surface area contributed by atoms with Crippen molar-refractivity contribution in [1.29, 1.82) is 0 Å². The van der Waals surface area contributed by atoms with Gasteiger partial charge in [0.1, 0.15) is 12.2 Å². The van der Waals surface area contributed by atoms with Crippen LogP contribution in [0.2, 0.25) is 0 Å². The average Bonchev–Trinajstić information content (AvgIpc) is 3.17. The van der Waals surface area contributed by atoms with Gasteiger partial charge in [-0.25, -0.2) is 0 Å². The Bertz CT molecular complexity index is 1110. The Morgan fingerprint density at radius 3 is 2.50 bits per heavy atom. The van der Waals surface area contributed by atoms with E-state index in [1.807, 2.05) is 73.8 Å². The topological polar surface area (TPSA) is 39.4 Å². The summed E-state index contributed by atoms with van der Waals surface area (Å²) in [5.74, 6) is 0.739. The van der Waals surface area contributed by atoms with Gasteiger partial charge >= 0.3 is 0 Å². The molecule has 0 N–H and O–H groups in total. The highest BCUT2D eigenvalue weighted by atomic mass is 32.1. The van der Waals surface area contributed by atoms with Crippen molar-refractivity contribution < 1.29 is 9.15 Å². The molecule has 0 spiro atoms. The number of hydrogen-bond donors (Lipinski definition) is 0. The molecule has 0 unspecified atom stereocenters. The van der Waals surface area contributed by atoms with Crippen LogP contribution in [0.4, 0.5) is 0 Å². The zero-order valence-corrected chi connectivity index (χ0v) is 15.4. The van der Waals surface area contributed by atoms with Crippen molar-refractivity contribution in [3.8, 4) is 17.1 Å². The second kappa shape index (κ2) is 6.81. The second-order valence-electron chi connectivity index (χ2n) is 6.26. The summed E-state index contributed by atoms with van der Waals surface area (Å²) in [6.45, 7) is 4.35. The number of fused-ring (bicyclic) bond motifs is 1. The molecule has 0 radical (unpaired) electrons. The van der Waals surface area contributed by atoms with Crippen LogP contribution in [0.1, 0.15) is 16.0 Å². The molecule has 0 saturated carbocycles. The first-order chi connectivity index (χ1) is 12.6. The fourth-order valence-corrected chi connectivity index (χ4v) is 3.50. The molecular formula is C22H18O3S. The molecule has 3 nitrogen and oxygen atoms in total. The van der Waals surface area contributed by atoms with Gasteiger partial charge in [-0.1, -0.05) is 36.4 Å². The van der Waals surface area contributed by atoms with E-state index >= 15 is 0 Å². The molecule has 0 amide bonds. The summed E-state index contributed by atoms with van der Waals surface area (Å²) in [4.78, 5) is 14.2. The van der Waals surface area contributed by atoms with Crippen molar-refractivity contribution in [2.75, 3.05) is 0 Å². The van der Waals surface area contributed by atoms with Gasteiger partial charge in [-0.05, 0) is 48.6 Å². The lowest BCUT2D eigenvalue weighted by atomic mass is 10.0. The smallest absolute Gasteiger partial charge is 0.235 e. The Labute approximate surface area is 155 Å². The Kier molecular flexibility index (Phi) is 4.35. The van der Waals surface area contributed by atoms with Crippen LogP contribution in [0.15, 0.2) is 69.2 Å². The van der Waals surface area contributed by atoms with Crippen LogP contribution in [-0.2, 0) is 6.61 Å². The Balaban J connectivity index is 1.92. The van der Waals surface area contributed by atoms with Crippen molar-refractivity contribution in [1.82, 2.24) is 0 Å². The van der Waals surface area contributed by atoms with Crippen molar-refractivity contribution >= 4 is 22.3 Å². The number of rotatable bonds is 4. The molecule has 26 heavy (non-hydrogen) atoms. The third-order valence-electron chi connectivity index (χ3n) is 4.44. The molecule has 0 atom stereocenters. The second-order valence-corrected chi connectivity index (χ2v) is 7.29. The molecule has 2 heterocycles. The molecule has 0 aliphatic heterocycles. The molecule has 0 aliphatic carbocycles. The highest BCUT2D eigenvalue weighted by molar-refractivity contribution is 7.09. The molecule has 0 bridgehead atoms. The minimum Gasteiger partial charge on any atom is -0.481 e. The fraction of sp³-hybridized carbons (Fsp3) is 0.136. The van der Waals surface area contributed by atoms with Crippen LogP contribution in [0.3, 0.4) is 0 Å². The molecule has 4 heteroatoms. The van der Waals surface area contributed by atoms with Crippen LogP contribution in [-0.4, -0.2) is 0 Å². The van der Waals surface area contributed by atoms with Gasteiger partial charge < -0.3 is 9.15 Å². The van der Waals surface area contributed by atoms with E-state index in [9.17, 15) is 4.79 Å². The van der Waals surface area contributed by atoms with E-state index < -0.39 is 0 Å². The first-order valence-corrected chi connectivity index (χ1v) is 9.30. The van der Waals surface area contributed by atoms with E-state index in [1.165, 1.54) is 0 Å². The predicted octanol–water partition coefficient (Wildman–Crippen LogP) is 5.72. The molecular weight excluding hydrogens is 344 g/mol. The van der Waals surface area contributed by atoms with Gasteiger partial charge in [-0.15, -0.1) is 11.3 Å². The lowest BCUT2D eigenvalue weighted by Crippen LogP contribution is -2.10. The Morgan fingerprint density at radius 2 is 1.77 bits per heavy atom. The first kappa shape index (κ1) is 16.6. The lowest BCUT2D eigenvalue weighted by molar-refractivity contribution is 0.301. The van der Waals surface area contributed by atoms with E-state index in [2.05, 4.69) is 0 Å². The maximum Gasteiger partial charge on any atom is 0.235 e. The van der Waals surface area contributed by atoms with Gasteiger partial charge in [0.25, 0.3) is 0 Å². The minimum absolute atomic E-state index is 0.134. The molecule has 130 valence electrons. The number of aryl methyl sites for hydroxylation is 2. The SMILES string of the molecule is Cc1cc2oc(-c3ccccc3)c(OCc3cccs3)c(=O)c2cc1C. The van der Waals surface area contributed by atoms with Crippen molar-refractivity contribution in [2.24, 2.45) is 0 Å². The zero-order valence-electron chi connectivity index (χ0n) is 14.6. The standard InChI is InChI=1S/C22H18O3S/c1-14-11-18-19(12-15(14)2)25-21(16-7-4-3-5-8-16)22(20(18)23)24-13-17-9-6-10-26-17/h3-12H,13H2,1-2H3. The van der Waals surface area contributed by atoms with Gasteiger partial charge in [0.2, 0.25) is 11.2 Å². The van der Waals surface area contributed by atoms with E-state index in [0.717, 1.165) is 21.6 Å². The number of benzene rings is 2. The van der Waals surface area contributed by atoms with Gasteiger partial charge in [0.15, 0.2) is 5.76 Å². The largest absolute Gasteiger partial charge is 0.481 e. The summed E-state index contributed by atoms with van der Waals surface area (Å²) in [6.07, 6.45) is 0. The van der Waals surface area contributed by atoms with Gasteiger partial charge in [-0.2, -0.15) is 0 Å².